The Bertz CT molecular complexity index is 811. The van der Waals surface area contributed by atoms with Crippen molar-refractivity contribution in [3.05, 3.63) is 18.2 Å². The van der Waals surface area contributed by atoms with Crippen LogP contribution in [0.2, 0.25) is 0 Å². The first-order valence-electron chi connectivity index (χ1n) is 7.73. The molecule has 2 rings (SSSR count). The number of hydrogen-bond donors (Lipinski definition) is 1. The molecule has 0 saturated carbocycles. The number of halogens is 1. The van der Waals surface area contributed by atoms with Crippen molar-refractivity contribution in [2.24, 2.45) is 11.7 Å². The predicted octanol–water partition coefficient (Wildman–Crippen LogP) is 1.27. The van der Waals surface area contributed by atoms with Crippen LogP contribution in [0.4, 0.5) is 0 Å². The number of ether oxygens (including phenoxy) is 1. The predicted molar refractivity (Wildman–Crippen MR) is 98.5 cm³/mol. The molecule has 10 heteroatoms. The number of hydrogen-bond acceptors (Lipinski definition) is 6. The van der Waals surface area contributed by atoms with E-state index in [2.05, 4.69) is 0 Å². The molecule has 1 aliphatic heterocycles. The smallest absolute Gasteiger partial charge is 0.247 e. The Morgan fingerprint density at radius 1 is 1.28 bits per heavy atom. The lowest BCUT2D eigenvalue weighted by Gasteiger charge is -2.38. The molecule has 1 heterocycles. The summed E-state index contributed by atoms with van der Waals surface area (Å²) in [6, 6.07) is 3.56. The molecule has 144 valence electrons. The molecular weight excluding hydrogens is 388 g/mol. The van der Waals surface area contributed by atoms with E-state index in [-0.39, 0.29) is 46.5 Å². The van der Waals surface area contributed by atoms with E-state index in [1.165, 1.54) is 23.5 Å². The van der Waals surface area contributed by atoms with E-state index >= 15 is 0 Å². The van der Waals surface area contributed by atoms with Gasteiger partial charge in [0.25, 0.3) is 0 Å². The fraction of sp³-hybridized carbons (Fsp3) is 0.600. The van der Waals surface area contributed by atoms with Gasteiger partial charge in [-0.05, 0) is 37.0 Å². The fourth-order valence-electron chi connectivity index (χ4n) is 3.08. The number of sulfonamides is 1. The topological polar surface area (TPSA) is 107 Å². The third-order valence-electron chi connectivity index (χ3n) is 4.46. The van der Waals surface area contributed by atoms with Crippen LogP contribution in [0, 0.1) is 5.92 Å². The summed E-state index contributed by atoms with van der Waals surface area (Å²) >= 11 is 0. The van der Waals surface area contributed by atoms with E-state index in [1.54, 1.807) is 0 Å². The van der Waals surface area contributed by atoms with Crippen LogP contribution < -0.4 is 10.5 Å². The Balaban J connectivity index is 0.00000312. The zero-order valence-corrected chi connectivity index (χ0v) is 17.0. The summed E-state index contributed by atoms with van der Waals surface area (Å²) in [4.78, 5) is -0.197. The van der Waals surface area contributed by atoms with Crippen LogP contribution in [-0.4, -0.2) is 53.6 Å². The van der Waals surface area contributed by atoms with Crippen molar-refractivity contribution in [3.63, 3.8) is 0 Å². The fourth-order valence-corrected chi connectivity index (χ4v) is 5.75. The van der Waals surface area contributed by atoms with Crippen LogP contribution in [0.15, 0.2) is 28.0 Å². The number of rotatable bonds is 5. The highest BCUT2D eigenvalue weighted by Crippen LogP contribution is 2.34. The van der Waals surface area contributed by atoms with Crippen LogP contribution in [0.3, 0.4) is 0 Å². The van der Waals surface area contributed by atoms with Gasteiger partial charge in [-0.15, -0.1) is 12.4 Å². The summed E-state index contributed by atoms with van der Waals surface area (Å²) in [6.45, 7) is 2.55. The first-order valence-corrected chi connectivity index (χ1v) is 11.1. The average Bonchev–Trinajstić information content (AvgIpc) is 2.53. The highest BCUT2D eigenvalue weighted by molar-refractivity contribution is 7.91. The maximum Gasteiger partial charge on any atom is 0.247 e. The molecule has 1 aromatic carbocycles. The van der Waals surface area contributed by atoms with Gasteiger partial charge in [-0.3, -0.25) is 0 Å². The first-order chi connectivity index (χ1) is 11.1. The molecule has 25 heavy (non-hydrogen) atoms. The summed E-state index contributed by atoms with van der Waals surface area (Å²) in [6.07, 6.45) is 2.69. The van der Waals surface area contributed by atoms with Crippen molar-refractivity contribution in [1.82, 2.24) is 4.31 Å². The molecule has 0 spiro atoms. The molecule has 1 aliphatic rings. The van der Waals surface area contributed by atoms with Gasteiger partial charge in [0.05, 0.1) is 12.0 Å². The lowest BCUT2D eigenvalue weighted by atomic mass is 9.93. The maximum atomic E-state index is 13.2. The zero-order valence-electron chi connectivity index (χ0n) is 14.5. The van der Waals surface area contributed by atoms with Gasteiger partial charge in [0.1, 0.15) is 10.6 Å². The van der Waals surface area contributed by atoms with Crippen LogP contribution in [-0.2, 0) is 19.9 Å². The highest BCUT2D eigenvalue weighted by atomic mass is 35.5. The molecule has 7 nitrogen and oxygen atoms in total. The van der Waals surface area contributed by atoms with Crippen molar-refractivity contribution in [2.45, 2.75) is 35.6 Å². The third kappa shape index (κ3) is 4.46. The molecule has 0 aliphatic carbocycles. The Hall–Kier alpha value is -0.870. The number of benzene rings is 1. The summed E-state index contributed by atoms with van der Waals surface area (Å²) in [5.41, 5.74) is 5.80. The second kappa shape index (κ2) is 8.22. The van der Waals surface area contributed by atoms with Crippen molar-refractivity contribution in [3.8, 4) is 5.75 Å². The molecule has 0 radical (unpaired) electrons. The standard InChI is InChI=1S/C15H24N2O5S2.ClH/c1-11-5-4-8-17(13(11)10-16)24(20,21)15-9-12(23(3,18)19)6-7-14(15)22-2;/h6-7,9,11,13H,4-5,8,10,16H2,1-3H3;1H. The van der Waals surface area contributed by atoms with Crippen LogP contribution in [0.5, 0.6) is 5.75 Å². The van der Waals surface area contributed by atoms with E-state index < -0.39 is 19.9 Å². The van der Waals surface area contributed by atoms with E-state index in [0.717, 1.165) is 25.2 Å². The number of nitrogens with two attached hydrogens (primary N) is 1. The van der Waals surface area contributed by atoms with Gasteiger partial charge in [0.2, 0.25) is 10.0 Å². The van der Waals surface area contributed by atoms with Crippen molar-refractivity contribution >= 4 is 32.3 Å². The molecule has 1 fully saturated rings. The number of piperidine rings is 1. The quantitative estimate of drug-likeness (QED) is 0.780. The average molecular weight is 413 g/mol. The van der Waals surface area contributed by atoms with E-state index in [1.807, 2.05) is 6.92 Å². The molecular formula is C15H25ClN2O5S2. The lowest BCUT2D eigenvalue weighted by Crippen LogP contribution is -2.51. The number of sulfone groups is 1. The van der Waals surface area contributed by atoms with Gasteiger partial charge in [-0.25, -0.2) is 16.8 Å². The van der Waals surface area contributed by atoms with Gasteiger partial charge >= 0.3 is 0 Å². The summed E-state index contributed by atoms with van der Waals surface area (Å²) in [5.74, 6) is 0.263. The Kier molecular flexibility index (Phi) is 7.29. The third-order valence-corrected chi connectivity index (χ3v) is 7.51. The summed E-state index contributed by atoms with van der Waals surface area (Å²) in [5, 5.41) is 0. The van der Waals surface area contributed by atoms with Gasteiger partial charge in [-0.1, -0.05) is 6.92 Å². The minimum atomic E-state index is -3.92. The van der Waals surface area contributed by atoms with Crippen LogP contribution in [0.1, 0.15) is 19.8 Å². The largest absolute Gasteiger partial charge is 0.495 e. The maximum absolute atomic E-state index is 13.2. The van der Waals surface area contributed by atoms with Crippen molar-refractivity contribution in [2.75, 3.05) is 26.5 Å². The molecule has 0 bridgehead atoms. The van der Waals surface area contributed by atoms with Gasteiger partial charge < -0.3 is 10.5 Å². The molecule has 1 aromatic rings. The second-order valence-electron chi connectivity index (χ2n) is 6.12. The SMILES string of the molecule is COc1ccc(S(C)(=O)=O)cc1S(=O)(=O)N1CCCC(C)C1CN.Cl. The number of methoxy groups -OCH3 is 1. The number of nitrogens with zero attached hydrogens (tertiary/aromatic N) is 1. The van der Waals surface area contributed by atoms with Gasteiger partial charge in [-0.2, -0.15) is 4.31 Å². The molecule has 0 aromatic heterocycles. The molecule has 2 N–H and O–H groups in total. The lowest BCUT2D eigenvalue weighted by molar-refractivity contribution is 0.192. The Morgan fingerprint density at radius 3 is 2.44 bits per heavy atom. The van der Waals surface area contributed by atoms with Crippen molar-refractivity contribution < 1.29 is 21.6 Å². The normalized spacial score (nSPS) is 22.2. The highest BCUT2D eigenvalue weighted by Gasteiger charge is 2.38. The van der Waals surface area contributed by atoms with E-state index in [9.17, 15) is 16.8 Å². The Labute approximate surface area is 155 Å². The Morgan fingerprint density at radius 2 is 1.92 bits per heavy atom. The van der Waals surface area contributed by atoms with Crippen molar-refractivity contribution in [1.29, 1.82) is 0 Å². The van der Waals surface area contributed by atoms with E-state index in [0.29, 0.717) is 6.54 Å². The minimum absolute atomic E-state index is 0. The molecule has 2 unspecified atom stereocenters. The van der Waals surface area contributed by atoms with Gasteiger partial charge in [0, 0.05) is 25.4 Å². The second-order valence-corrected chi connectivity index (χ2v) is 10.00. The molecule has 1 saturated heterocycles. The van der Waals surface area contributed by atoms with E-state index in [4.69, 9.17) is 10.5 Å². The summed E-state index contributed by atoms with van der Waals surface area (Å²) in [7, 11) is -6.10. The van der Waals surface area contributed by atoms with Crippen LogP contribution in [0.25, 0.3) is 0 Å². The molecule has 0 amide bonds. The first kappa shape index (κ1) is 22.2. The van der Waals surface area contributed by atoms with Gasteiger partial charge in [0.15, 0.2) is 9.84 Å². The summed E-state index contributed by atoms with van der Waals surface area (Å²) < 4.78 is 56.4. The van der Waals surface area contributed by atoms with Crippen LogP contribution >= 0.6 is 12.4 Å². The zero-order chi connectivity index (χ0) is 18.1. The monoisotopic (exact) mass is 412 g/mol. The minimum Gasteiger partial charge on any atom is -0.495 e. The molecule has 2 atom stereocenters.